The summed E-state index contributed by atoms with van der Waals surface area (Å²) in [6.07, 6.45) is -0.667. The van der Waals surface area contributed by atoms with Crippen LogP contribution in [0.5, 0.6) is 0 Å². The average Bonchev–Trinajstić information content (AvgIpc) is 2.05. The zero-order chi connectivity index (χ0) is 7.78. The lowest BCUT2D eigenvalue weighted by Gasteiger charge is -2.11. The molecule has 56 valence electrons. The van der Waals surface area contributed by atoms with Crippen molar-refractivity contribution in [2.24, 2.45) is 5.29 Å². The third-order valence-corrected chi connectivity index (χ3v) is 1.20. The molecule has 0 aromatic rings. The number of cyclic esters (lactones) is 1. The summed E-state index contributed by atoms with van der Waals surface area (Å²) in [5.41, 5.74) is -0.578. The van der Waals surface area contributed by atoms with E-state index in [0.717, 1.165) is 5.01 Å². The highest BCUT2D eigenvalue weighted by Gasteiger charge is 2.38. The van der Waals surface area contributed by atoms with Gasteiger partial charge in [-0.25, -0.2) is 4.79 Å². The van der Waals surface area contributed by atoms with E-state index in [0.29, 0.717) is 0 Å². The zero-order valence-corrected chi connectivity index (χ0v) is 5.83. The monoisotopic (exact) mass is 144 g/mol. The second-order valence-electron chi connectivity index (χ2n) is 2.77. The van der Waals surface area contributed by atoms with Gasteiger partial charge in [0.15, 0.2) is 0 Å². The van der Waals surface area contributed by atoms with Crippen molar-refractivity contribution in [2.45, 2.75) is 19.4 Å². The largest absolute Gasteiger partial charge is 0.440 e. The van der Waals surface area contributed by atoms with Gasteiger partial charge in [0.05, 0.1) is 11.8 Å². The van der Waals surface area contributed by atoms with Crippen LogP contribution in [-0.2, 0) is 4.74 Å². The Hall–Kier alpha value is -1.13. The van der Waals surface area contributed by atoms with Crippen molar-refractivity contribution in [3.63, 3.8) is 0 Å². The predicted octanol–water partition coefficient (Wildman–Crippen LogP) is 0.899. The predicted molar refractivity (Wildman–Crippen MR) is 33.1 cm³/mol. The molecule has 0 aliphatic carbocycles. The van der Waals surface area contributed by atoms with Crippen LogP contribution < -0.4 is 0 Å². The Morgan fingerprint density at radius 2 is 2.30 bits per heavy atom. The van der Waals surface area contributed by atoms with E-state index in [1.54, 1.807) is 13.8 Å². The Kier molecular flexibility index (Phi) is 1.35. The van der Waals surface area contributed by atoms with Gasteiger partial charge in [-0.15, -0.1) is 4.91 Å². The maximum atomic E-state index is 10.6. The Bertz CT molecular complexity index is 178. The van der Waals surface area contributed by atoms with Gasteiger partial charge < -0.3 is 4.74 Å². The minimum absolute atomic E-state index is 0.231. The summed E-state index contributed by atoms with van der Waals surface area (Å²) in [5, 5.41) is 3.24. The molecule has 1 fully saturated rings. The second-order valence-corrected chi connectivity index (χ2v) is 2.77. The van der Waals surface area contributed by atoms with Crippen molar-refractivity contribution >= 4 is 6.09 Å². The summed E-state index contributed by atoms with van der Waals surface area (Å²) < 4.78 is 4.75. The smallest absolute Gasteiger partial charge is 0.433 e. The van der Waals surface area contributed by atoms with Crippen LogP contribution in [0.2, 0.25) is 0 Å². The van der Waals surface area contributed by atoms with E-state index in [2.05, 4.69) is 5.29 Å². The van der Waals surface area contributed by atoms with Crippen LogP contribution >= 0.6 is 0 Å². The molecule has 0 aromatic heterocycles. The van der Waals surface area contributed by atoms with Crippen LogP contribution in [0, 0.1) is 4.91 Å². The SMILES string of the molecule is CC1(C)CN(N=O)C(=O)O1. The molecule has 1 amide bonds. The number of ether oxygens (including phenoxy) is 1. The maximum Gasteiger partial charge on any atom is 0.433 e. The minimum atomic E-state index is -0.667. The first kappa shape index (κ1) is 6.98. The molecule has 0 unspecified atom stereocenters. The molecule has 10 heavy (non-hydrogen) atoms. The van der Waals surface area contributed by atoms with Crippen molar-refractivity contribution in [1.29, 1.82) is 0 Å². The molecule has 1 aliphatic heterocycles. The normalized spacial score (nSPS) is 22.6. The van der Waals surface area contributed by atoms with E-state index in [4.69, 9.17) is 4.74 Å². The Morgan fingerprint density at radius 1 is 1.70 bits per heavy atom. The number of hydrogen-bond acceptors (Lipinski definition) is 4. The van der Waals surface area contributed by atoms with E-state index < -0.39 is 11.7 Å². The average molecular weight is 144 g/mol. The maximum absolute atomic E-state index is 10.6. The van der Waals surface area contributed by atoms with Crippen LogP contribution in [0.1, 0.15) is 13.8 Å². The quantitative estimate of drug-likeness (QED) is 0.513. The number of nitroso groups, excluding NO2 is 1. The Labute approximate surface area is 57.9 Å². The summed E-state index contributed by atoms with van der Waals surface area (Å²) >= 11 is 0. The highest BCUT2D eigenvalue weighted by molar-refractivity contribution is 5.69. The van der Waals surface area contributed by atoms with Gasteiger partial charge >= 0.3 is 6.09 Å². The Balaban J connectivity index is 2.70. The minimum Gasteiger partial charge on any atom is -0.440 e. The van der Waals surface area contributed by atoms with Crippen molar-refractivity contribution in [1.82, 2.24) is 5.01 Å². The van der Waals surface area contributed by atoms with Crippen molar-refractivity contribution in [2.75, 3.05) is 6.54 Å². The van der Waals surface area contributed by atoms with Gasteiger partial charge in [0.25, 0.3) is 0 Å². The number of carbonyl (C=O) groups excluding carboxylic acids is 1. The number of rotatable bonds is 1. The van der Waals surface area contributed by atoms with E-state index >= 15 is 0 Å². The number of amides is 1. The van der Waals surface area contributed by atoms with Crippen LogP contribution in [0.25, 0.3) is 0 Å². The lowest BCUT2D eigenvalue weighted by atomic mass is 10.1. The molecule has 0 atom stereocenters. The highest BCUT2D eigenvalue weighted by Crippen LogP contribution is 2.20. The fourth-order valence-electron chi connectivity index (χ4n) is 0.809. The first-order valence-corrected chi connectivity index (χ1v) is 2.89. The first-order valence-electron chi connectivity index (χ1n) is 2.89. The van der Waals surface area contributed by atoms with Crippen LogP contribution in [0.4, 0.5) is 4.79 Å². The molecule has 1 rings (SSSR count). The number of hydrogen-bond donors (Lipinski definition) is 0. The molecule has 5 heteroatoms. The molecule has 1 aliphatic rings. The molecule has 0 radical (unpaired) electrons. The van der Waals surface area contributed by atoms with Crippen LogP contribution in [0.3, 0.4) is 0 Å². The van der Waals surface area contributed by atoms with E-state index in [-0.39, 0.29) is 6.54 Å². The second kappa shape index (κ2) is 1.93. The summed E-state index contributed by atoms with van der Waals surface area (Å²) in [6, 6.07) is 0. The number of nitrogens with zero attached hydrogens (tertiary/aromatic N) is 2. The molecule has 1 heterocycles. The topological polar surface area (TPSA) is 59.0 Å². The molecule has 0 bridgehead atoms. The lowest BCUT2D eigenvalue weighted by Crippen LogP contribution is -2.24. The molecular weight excluding hydrogens is 136 g/mol. The molecule has 1 saturated heterocycles. The van der Waals surface area contributed by atoms with Gasteiger partial charge in [0.2, 0.25) is 0 Å². The molecule has 0 aromatic carbocycles. The fourth-order valence-corrected chi connectivity index (χ4v) is 0.809. The van der Waals surface area contributed by atoms with E-state index in [1.165, 1.54) is 0 Å². The molecule has 0 spiro atoms. The first-order chi connectivity index (χ1) is 4.55. The van der Waals surface area contributed by atoms with E-state index in [9.17, 15) is 9.70 Å². The number of carbonyl (C=O) groups is 1. The standard InChI is InChI=1S/C5H8N2O3/c1-5(2)3-7(6-9)4(8)10-5/h3H2,1-2H3. The summed E-state index contributed by atoms with van der Waals surface area (Å²) in [5.74, 6) is 0. The van der Waals surface area contributed by atoms with Crippen LogP contribution in [-0.4, -0.2) is 23.2 Å². The lowest BCUT2D eigenvalue weighted by molar-refractivity contribution is 0.0859. The van der Waals surface area contributed by atoms with Gasteiger partial charge in [-0.05, 0) is 13.8 Å². The van der Waals surface area contributed by atoms with Gasteiger partial charge in [-0.1, -0.05) is 0 Å². The highest BCUT2D eigenvalue weighted by atomic mass is 16.6. The molecular formula is C5H8N2O3. The zero-order valence-electron chi connectivity index (χ0n) is 5.83. The Morgan fingerprint density at radius 3 is 2.50 bits per heavy atom. The summed E-state index contributed by atoms with van der Waals surface area (Å²) in [4.78, 5) is 20.5. The van der Waals surface area contributed by atoms with Gasteiger partial charge in [-0.2, -0.15) is 5.01 Å². The van der Waals surface area contributed by atoms with E-state index in [1.807, 2.05) is 0 Å². The van der Waals surface area contributed by atoms with Crippen molar-refractivity contribution < 1.29 is 9.53 Å². The van der Waals surface area contributed by atoms with Gasteiger partial charge in [-0.3, -0.25) is 0 Å². The van der Waals surface area contributed by atoms with Gasteiger partial charge in [0.1, 0.15) is 5.60 Å². The molecule has 0 saturated carbocycles. The summed E-state index contributed by atoms with van der Waals surface area (Å²) in [6.45, 7) is 3.67. The third-order valence-electron chi connectivity index (χ3n) is 1.20. The van der Waals surface area contributed by atoms with Crippen LogP contribution in [0.15, 0.2) is 5.29 Å². The molecule has 5 nitrogen and oxygen atoms in total. The third kappa shape index (κ3) is 1.07. The fraction of sp³-hybridized carbons (Fsp3) is 0.800. The van der Waals surface area contributed by atoms with Crippen molar-refractivity contribution in [3.8, 4) is 0 Å². The van der Waals surface area contributed by atoms with Crippen molar-refractivity contribution in [3.05, 3.63) is 4.91 Å². The van der Waals surface area contributed by atoms with Gasteiger partial charge in [0, 0.05) is 0 Å². The summed E-state index contributed by atoms with van der Waals surface area (Å²) in [7, 11) is 0. The molecule has 0 N–H and O–H groups in total.